The number of alkyl halides is 4. The van der Waals surface area contributed by atoms with Crippen LogP contribution in [0.25, 0.3) is 0 Å². The highest BCUT2D eigenvalue weighted by atomic mass is 32.2. The van der Waals surface area contributed by atoms with E-state index in [1.807, 2.05) is 0 Å². The van der Waals surface area contributed by atoms with E-state index in [9.17, 15) is 35.9 Å². The van der Waals surface area contributed by atoms with Crippen molar-refractivity contribution in [2.75, 3.05) is 6.61 Å². The van der Waals surface area contributed by atoms with Gasteiger partial charge in [-0.3, -0.25) is 9.35 Å². The quantitative estimate of drug-likeness (QED) is 0.408. The monoisotopic (exact) mass is 352 g/mol. The maximum atomic E-state index is 13.1. The average molecular weight is 352 g/mol. The third kappa shape index (κ3) is 3.87. The molecule has 2 atom stereocenters. The molecule has 1 aliphatic carbocycles. The largest absolute Gasteiger partial charge is 0.465 e. The Morgan fingerprint density at radius 2 is 1.77 bits per heavy atom. The topological polar surface area (TPSA) is 101 Å². The summed E-state index contributed by atoms with van der Waals surface area (Å²) < 4.78 is 85.0. The number of aliphatic hydroxyl groups is 1. The van der Waals surface area contributed by atoms with Gasteiger partial charge in [0.1, 0.15) is 0 Å². The second-order valence-corrected chi connectivity index (χ2v) is 7.18. The van der Waals surface area contributed by atoms with E-state index >= 15 is 0 Å². The number of hydrogen-bond acceptors (Lipinski definition) is 5. The summed E-state index contributed by atoms with van der Waals surface area (Å²) in [5.41, 5.74) is -1.16. The van der Waals surface area contributed by atoms with Gasteiger partial charge < -0.3 is 9.84 Å². The van der Waals surface area contributed by atoms with Crippen LogP contribution in [0.3, 0.4) is 0 Å². The predicted octanol–water partition coefficient (Wildman–Crippen LogP) is 1.44. The molecule has 2 unspecified atom stereocenters. The second-order valence-electron chi connectivity index (χ2n) is 5.72. The molecule has 11 heteroatoms. The van der Waals surface area contributed by atoms with Crippen molar-refractivity contribution in [3.8, 4) is 0 Å². The Labute approximate surface area is 124 Å². The fourth-order valence-corrected chi connectivity index (χ4v) is 2.44. The van der Waals surface area contributed by atoms with Crippen LogP contribution in [0.5, 0.6) is 0 Å². The molecular formula is C11H16F4O6S. The SMILES string of the molecule is CC(C)(O)C1CC1C(=O)OCCC(F)(F)C(F)(F)S(=O)(=O)O. The third-order valence-electron chi connectivity index (χ3n) is 3.41. The highest BCUT2D eigenvalue weighted by molar-refractivity contribution is 7.87. The van der Waals surface area contributed by atoms with E-state index in [4.69, 9.17) is 4.55 Å². The average Bonchev–Trinajstić information content (AvgIpc) is 3.05. The van der Waals surface area contributed by atoms with Crippen molar-refractivity contribution in [2.24, 2.45) is 11.8 Å². The van der Waals surface area contributed by atoms with Gasteiger partial charge in [-0.15, -0.1) is 0 Å². The van der Waals surface area contributed by atoms with E-state index in [-0.39, 0.29) is 6.42 Å². The van der Waals surface area contributed by atoms with Crippen LogP contribution in [0.15, 0.2) is 0 Å². The smallest absolute Gasteiger partial charge is 0.431 e. The number of carbonyl (C=O) groups excluding carboxylic acids is 1. The molecule has 0 aromatic carbocycles. The summed E-state index contributed by atoms with van der Waals surface area (Å²) in [5, 5.41) is 3.93. The zero-order valence-electron chi connectivity index (χ0n) is 11.7. The lowest BCUT2D eigenvalue weighted by Gasteiger charge is -2.23. The molecule has 0 aromatic rings. The van der Waals surface area contributed by atoms with Gasteiger partial charge in [-0.2, -0.15) is 26.0 Å². The molecule has 0 spiro atoms. The Morgan fingerprint density at radius 1 is 1.27 bits per heavy atom. The minimum atomic E-state index is -6.30. The van der Waals surface area contributed by atoms with Gasteiger partial charge in [0.05, 0.1) is 24.5 Å². The number of esters is 1. The Balaban J connectivity index is 2.53. The lowest BCUT2D eigenvalue weighted by molar-refractivity contribution is -0.175. The van der Waals surface area contributed by atoms with Gasteiger partial charge in [0.2, 0.25) is 0 Å². The summed E-state index contributed by atoms with van der Waals surface area (Å²) in [6.07, 6.45) is -1.49. The number of halogens is 4. The van der Waals surface area contributed by atoms with E-state index in [0.717, 1.165) is 0 Å². The molecule has 0 bridgehead atoms. The van der Waals surface area contributed by atoms with Crippen LogP contribution in [-0.2, 0) is 19.6 Å². The van der Waals surface area contributed by atoms with Gasteiger partial charge in [0.25, 0.3) is 0 Å². The van der Waals surface area contributed by atoms with Crippen LogP contribution >= 0.6 is 0 Å². The summed E-state index contributed by atoms with van der Waals surface area (Å²) in [6.45, 7) is 1.75. The van der Waals surface area contributed by atoms with Crippen molar-refractivity contribution >= 4 is 16.1 Å². The minimum absolute atomic E-state index is 0.278. The van der Waals surface area contributed by atoms with Crippen LogP contribution in [0, 0.1) is 11.8 Å². The van der Waals surface area contributed by atoms with Crippen molar-refractivity contribution in [3.05, 3.63) is 0 Å². The van der Waals surface area contributed by atoms with Crippen LogP contribution < -0.4 is 0 Å². The predicted molar refractivity (Wildman–Crippen MR) is 64.9 cm³/mol. The second kappa shape index (κ2) is 5.60. The first-order valence-electron chi connectivity index (χ1n) is 6.23. The summed E-state index contributed by atoms with van der Waals surface area (Å²) in [6, 6.07) is 0. The fourth-order valence-electron chi connectivity index (χ4n) is 1.96. The van der Waals surface area contributed by atoms with Crippen LogP contribution in [0.1, 0.15) is 26.7 Å². The molecule has 0 amide bonds. The Morgan fingerprint density at radius 3 is 2.14 bits per heavy atom. The molecule has 0 aromatic heterocycles. The first kappa shape index (κ1) is 19.1. The normalized spacial score (nSPS) is 23.3. The molecule has 1 saturated carbocycles. The van der Waals surface area contributed by atoms with Gasteiger partial charge in [-0.05, 0) is 20.3 Å². The lowest BCUT2D eigenvalue weighted by Crippen LogP contribution is -2.47. The number of hydrogen-bond donors (Lipinski definition) is 2. The van der Waals surface area contributed by atoms with Crippen molar-refractivity contribution in [2.45, 2.75) is 43.5 Å². The molecule has 0 aliphatic heterocycles. The highest BCUT2D eigenvalue weighted by Gasteiger charge is 2.65. The van der Waals surface area contributed by atoms with Gasteiger partial charge >= 0.3 is 27.3 Å². The summed E-state index contributed by atoms with van der Waals surface area (Å²) in [5.74, 6) is -7.16. The first-order chi connectivity index (χ1) is 9.61. The molecule has 1 fully saturated rings. The van der Waals surface area contributed by atoms with Crippen LogP contribution in [-0.4, -0.2) is 47.4 Å². The number of ether oxygens (including phenoxy) is 1. The van der Waals surface area contributed by atoms with Crippen molar-refractivity contribution in [1.29, 1.82) is 0 Å². The van der Waals surface area contributed by atoms with Gasteiger partial charge in [0.15, 0.2) is 0 Å². The highest BCUT2D eigenvalue weighted by Crippen LogP contribution is 2.47. The Kier molecular flexibility index (Phi) is 4.87. The summed E-state index contributed by atoms with van der Waals surface area (Å²) >= 11 is 0. The van der Waals surface area contributed by atoms with Gasteiger partial charge in [-0.25, -0.2) is 0 Å². The third-order valence-corrected chi connectivity index (χ3v) is 4.36. The maximum absolute atomic E-state index is 13.1. The molecule has 6 nitrogen and oxygen atoms in total. The molecule has 1 rings (SSSR count). The molecule has 0 saturated heterocycles. The molecule has 0 heterocycles. The molecule has 22 heavy (non-hydrogen) atoms. The van der Waals surface area contributed by atoms with Crippen molar-refractivity contribution < 1.29 is 45.2 Å². The van der Waals surface area contributed by atoms with Crippen molar-refractivity contribution in [3.63, 3.8) is 0 Å². The van der Waals surface area contributed by atoms with Crippen molar-refractivity contribution in [1.82, 2.24) is 0 Å². The standard InChI is InChI=1S/C11H16F4O6S/c1-9(2,17)7-5-6(7)8(16)21-4-3-10(12,13)11(14,15)22(18,19)20/h6-7,17H,3-5H2,1-2H3,(H,18,19,20). The summed E-state index contributed by atoms with van der Waals surface area (Å²) in [4.78, 5) is 11.5. The van der Waals surface area contributed by atoms with Crippen LogP contribution in [0.2, 0.25) is 0 Å². The van der Waals surface area contributed by atoms with E-state index in [2.05, 4.69) is 4.74 Å². The zero-order valence-corrected chi connectivity index (χ0v) is 12.5. The van der Waals surface area contributed by atoms with E-state index < -0.39 is 57.7 Å². The van der Waals surface area contributed by atoms with E-state index in [1.54, 1.807) is 0 Å². The molecule has 1 aliphatic rings. The van der Waals surface area contributed by atoms with Gasteiger partial charge in [0, 0.05) is 5.92 Å². The van der Waals surface area contributed by atoms with Crippen LogP contribution in [0.4, 0.5) is 17.6 Å². The number of rotatable bonds is 7. The Bertz CT molecular complexity index is 539. The van der Waals surface area contributed by atoms with E-state index in [1.165, 1.54) is 13.8 Å². The first-order valence-corrected chi connectivity index (χ1v) is 7.67. The summed E-state index contributed by atoms with van der Waals surface area (Å²) in [7, 11) is -6.30. The fraction of sp³-hybridized carbons (Fsp3) is 0.909. The maximum Gasteiger partial charge on any atom is 0.431 e. The number of carbonyl (C=O) groups is 1. The molecule has 0 radical (unpaired) electrons. The van der Waals surface area contributed by atoms with E-state index in [0.29, 0.717) is 0 Å². The lowest BCUT2D eigenvalue weighted by atomic mass is 10.0. The van der Waals surface area contributed by atoms with Gasteiger partial charge in [-0.1, -0.05) is 0 Å². The zero-order chi connectivity index (χ0) is 17.6. The molecular weight excluding hydrogens is 336 g/mol. The molecule has 2 N–H and O–H groups in total. The minimum Gasteiger partial charge on any atom is -0.465 e. The molecule has 130 valence electrons. The Hall–Kier alpha value is -0.940.